The molecule has 2 nitrogen and oxygen atoms in total. The zero-order valence-electron chi connectivity index (χ0n) is 10.7. The van der Waals surface area contributed by atoms with Crippen molar-refractivity contribution in [2.75, 3.05) is 6.61 Å². The molecule has 2 rings (SSSR count). The second kappa shape index (κ2) is 5.50. The van der Waals surface area contributed by atoms with Crippen molar-refractivity contribution in [3.8, 4) is 0 Å². The quantitative estimate of drug-likeness (QED) is 0.705. The molecule has 2 N–H and O–H groups in total. The van der Waals surface area contributed by atoms with Gasteiger partial charge < -0.3 is 10.4 Å². The highest BCUT2D eigenvalue weighted by Gasteiger charge is 2.37. The first-order valence-electron chi connectivity index (χ1n) is 7.16. The number of aliphatic hydroxyl groups is 1. The summed E-state index contributed by atoms with van der Waals surface area (Å²) in [5.41, 5.74) is 0.0731. The van der Waals surface area contributed by atoms with Crippen LogP contribution in [0.4, 0.5) is 0 Å². The Morgan fingerprint density at radius 3 is 2.62 bits per heavy atom. The maximum absolute atomic E-state index is 9.70. The van der Waals surface area contributed by atoms with E-state index in [1.165, 1.54) is 57.8 Å². The molecule has 2 saturated carbocycles. The first-order chi connectivity index (χ1) is 7.78. The van der Waals surface area contributed by atoms with Gasteiger partial charge in [0.25, 0.3) is 0 Å². The third-order valence-electron chi connectivity index (χ3n) is 4.39. The lowest BCUT2D eigenvalue weighted by molar-refractivity contribution is 0.140. The van der Waals surface area contributed by atoms with Gasteiger partial charge in [-0.05, 0) is 38.0 Å². The minimum atomic E-state index is 0.0731. The molecule has 0 aromatic rings. The van der Waals surface area contributed by atoms with Crippen LogP contribution in [0.2, 0.25) is 0 Å². The van der Waals surface area contributed by atoms with E-state index in [4.69, 9.17) is 0 Å². The Kier molecular flexibility index (Phi) is 4.26. The van der Waals surface area contributed by atoms with Crippen molar-refractivity contribution in [2.45, 2.75) is 76.3 Å². The SMILES string of the molecule is CCCC1CCCC(CO)(NC2CC2)CC1. The van der Waals surface area contributed by atoms with Crippen LogP contribution in [-0.2, 0) is 0 Å². The van der Waals surface area contributed by atoms with Crippen LogP contribution in [0.3, 0.4) is 0 Å². The molecule has 2 unspecified atom stereocenters. The summed E-state index contributed by atoms with van der Waals surface area (Å²) < 4.78 is 0. The highest BCUT2D eigenvalue weighted by atomic mass is 16.3. The fraction of sp³-hybridized carbons (Fsp3) is 1.00. The third kappa shape index (κ3) is 3.21. The number of hydrogen-bond acceptors (Lipinski definition) is 2. The van der Waals surface area contributed by atoms with Crippen molar-refractivity contribution in [1.82, 2.24) is 5.32 Å². The molecule has 0 radical (unpaired) electrons. The molecule has 2 aliphatic rings. The first kappa shape index (κ1) is 12.4. The van der Waals surface area contributed by atoms with E-state index in [2.05, 4.69) is 12.2 Å². The van der Waals surface area contributed by atoms with Gasteiger partial charge in [-0.1, -0.05) is 32.6 Å². The second-order valence-corrected chi connectivity index (χ2v) is 5.94. The van der Waals surface area contributed by atoms with Crippen LogP contribution < -0.4 is 5.32 Å². The minimum absolute atomic E-state index is 0.0731. The molecule has 0 saturated heterocycles. The molecule has 16 heavy (non-hydrogen) atoms. The molecule has 0 aromatic carbocycles. The Bertz CT molecular complexity index is 215. The lowest BCUT2D eigenvalue weighted by Gasteiger charge is -2.32. The van der Waals surface area contributed by atoms with Crippen molar-refractivity contribution < 1.29 is 5.11 Å². The number of hydrogen-bond donors (Lipinski definition) is 2. The monoisotopic (exact) mass is 225 g/mol. The van der Waals surface area contributed by atoms with E-state index in [9.17, 15) is 5.11 Å². The minimum Gasteiger partial charge on any atom is -0.394 e. The Balaban J connectivity index is 1.88. The third-order valence-corrected chi connectivity index (χ3v) is 4.39. The summed E-state index contributed by atoms with van der Waals surface area (Å²) in [6.07, 6.45) is 11.7. The fourth-order valence-electron chi connectivity index (χ4n) is 3.18. The highest BCUT2D eigenvalue weighted by Crippen LogP contribution is 2.35. The van der Waals surface area contributed by atoms with Crippen LogP contribution in [0.5, 0.6) is 0 Å². The summed E-state index contributed by atoms with van der Waals surface area (Å²) in [4.78, 5) is 0. The molecule has 2 heteroatoms. The molecule has 0 amide bonds. The summed E-state index contributed by atoms with van der Waals surface area (Å²) in [6, 6.07) is 0.717. The average Bonchev–Trinajstić information content (AvgIpc) is 3.09. The zero-order valence-corrected chi connectivity index (χ0v) is 10.7. The number of rotatable bonds is 5. The van der Waals surface area contributed by atoms with E-state index in [1.807, 2.05) is 0 Å². The lowest BCUT2D eigenvalue weighted by atomic mass is 9.89. The topological polar surface area (TPSA) is 32.3 Å². The molecule has 0 spiro atoms. The van der Waals surface area contributed by atoms with Crippen LogP contribution in [0, 0.1) is 5.92 Å². The maximum atomic E-state index is 9.70. The van der Waals surface area contributed by atoms with Crippen LogP contribution >= 0.6 is 0 Å². The Hall–Kier alpha value is -0.0800. The van der Waals surface area contributed by atoms with E-state index >= 15 is 0 Å². The van der Waals surface area contributed by atoms with E-state index < -0.39 is 0 Å². The maximum Gasteiger partial charge on any atom is 0.0613 e. The van der Waals surface area contributed by atoms with E-state index in [-0.39, 0.29) is 5.54 Å². The van der Waals surface area contributed by atoms with Crippen LogP contribution in [0.1, 0.15) is 64.7 Å². The molecule has 0 aliphatic heterocycles. The van der Waals surface area contributed by atoms with Gasteiger partial charge in [-0.25, -0.2) is 0 Å². The van der Waals surface area contributed by atoms with Gasteiger partial charge in [0.05, 0.1) is 6.61 Å². The van der Waals surface area contributed by atoms with Gasteiger partial charge in [-0.2, -0.15) is 0 Å². The van der Waals surface area contributed by atoms with Gasteiger partial charge in [-0.3, -0.25) is 0 Å². The Morgan fingerprint density at radius 2 is 2.00 bits per heavy atom. The lowest BCUT2D eigenvalue weighted by Crippen LogP contribution is -2.49. The summed E-state index contributed by atoms with van der Waals surface area (Å²) >= 11 is 0. The molecular weight excluding hydrogens is 198 g/mol. The van der Waals surface area contributed by atoms with E-state index in [0.717, 1.165) is 12.0 Å². The van der Waals surface area contributed by atoms with Crippen molar-refractivity contribution in [3.05, 3.63) is 0 Å². The predicted molar refractivity (Wildman–Crippen MR) is 67.5 cm³/mol. The zero-order chi connectivity index (χ0) is 11.4. The van der Waals surface area contributed by atoms with Crippen LogP contribution in [0.25, 0.3) is 0 Å². The summed E-state index contributed by atoms with van der Waals surface area (Å²) in [7, 11) is 0. The van der Waals surface area contributed by atoms with Gasteiger partial charge >= 0.3 is 0 Å². The number of aliphatic hydroxyl groups excluding tert-OH is 1. The molecule has 0 bridgehead atoms. The predicted octanol–water partition coefficient (Wildman–Crippen LogP) is 2.85. The average molecular weight is 225 g/mol. The fourth-order valence-corrected chi connectivity index (χ4v) is 3.18. The van der Waals surface area contributed by atoms with Gasteiger partial charge in [0.2, 0.25) is 0 Å². The van der Waals surface area contributed by atoms with Gasteiger partial charge in [0, 0.05) is 11.6 Å². The van der Waals surface area contributed by atoms with Crippen molar-refractivity contribution in [1.29, 1.82) is 0 Å². The molecule has 0 heterocycles. The summed E-state index contributed by atoms with van der Waals surface area (Å²) in [5.74, 6) is 0.916. The number of nitrogens with one attached hydrogen (secondary N) is 1. The molecule has 2 atom stereocenters. The first-order valence-corrected chi connectivity index (χ1v) is 7.16. The van der Waals surface area contributed by atoms with Crippen LogP contribution in [0.15, 0.2) is 0 Å². The van der Waals surface area contributed by atoms with Gasteiger partial charge in [0.1, 0.15) is 0 Å². The van der Waals surface area contributed by atoms with Crippen molar-refractivity contribution >= 4 is 0 Å². The highest BCUT2D eigenvalue weighted by molar-refractivity contribution is 4.96. The Labute approximate surface area is 99.8 Å². The molecule has 2 fully saturated rings. The van der Waals surface area contributed by atoms with Gasteiger partial charge in [0.15, 0.2) is 0 Å². The smallest absolute Gasteiger partial charge is 0.0613 e. The van der Waals surface area contributed by atoms with E-state index in [0.29, 0.717) is 6.61 Å². The molecule has 0 aromatic heterocycles. The van der Waals surface area contributed by atoms with Crippen molar-refractivity contribution in [2.24, 2.45) is 5.92 Å². The molecule has 2 aliphatic carbocycles. The molecular formula is C14H27NO. The largest absolute Gasteiger partial charge is 0.394 e. The Morgan fingerprint density at radius 1 is 1.19 bits per heavy atom. The van der Waals surface area contributed by atoms with E-state index in [1.54, 1.807) is 0 Å². The normalized spacial score (nSPS) is 36.0. The summed E-state index contributed by atoms with van der Waals surface area (Å²) in [6.45, 7) is 2.62. The van der Waals surface area contributed by atoms with Gasteiger partial charge in [-0.15, -0.1) is 0 Å². The van der Waals surface area contributed by atoms with Crippen LogP contribution in [-0.4, -0.2) is 23.3 Å². The standard InChI is InChI=1S/C14H27NO/c1-2-4-12-5-3-9-14(11-16,10-8-12)15-13-6-7-13/h12-13,15-16H,2-11H2,1H3. The second-order valence-electron chi connectivity index (χ2n) is 5.94. The molecule has 94 valence electrons. The van der Waals surface area contributed by atoms with Crippen molar-refractivity contribution in [3.63, 3.8) is 0 Å². The summed E-state index contributed by atoms with van der Waals surface area (Å²) in [5, 5.41) is 13.4.